The van der Waals surface area contributed by atoms with E-state index in [-0.39, 0.29) is 16.1 Å². The van der Waals surface area contributed by atoms with Crippen molar-refractivity contribution in [3.63, 3.8) is 0 Å². The van der Waals surface area contributed by atoms with E-state index in [0.717, 1.165) is 18.4 Å². The van der Waals surface area contributed by atoms with Gasteiger partial charge >= 0.3 is 0 Å². The number of carbonyl (C=O) groups is 1. The number of sulfonamides is 1. The lowest BCUT2D eigenvalue weighted by Crippen LogP contribution is -2.27. The summed E-state index contributed by atoms with van der Waals surface area (Å²) in [6.45, 7) is 7.62. The van der Waals surface area contributed by atoms with Crippen LogP contribution in [0.2, 0.25) is 0 Å². The molecule has 0 bridgehead atoms. The van der Waals surface area contributed by atoms with Gasteiger partial charge < -0.3 is 0 Å². The van der Waals surface area contributed by atoms with Crippen molar-refractivity contribution in [3.05, 3.63) is 71.3 Å². The Morgan fingerprint density at radius 1 is 0.929 bits per heavy atom. The van der Waals surface area contributed by atoms with Gasteiger partial charge in [-0.2, -0.15) is 4.31 Å². The highest BCUT2D eigenvalue weighted by atomic mass is 32.2. The Kier molecular flexibility index (Phi) is 5.87. The van der Waals surface area contributed by atoms with Crippen molar-refractivity contribution >= 4 is 21.9 Å². The van der Waals surface area contributed by atoms with Crippen molar-refractivity contribution in [2.24, 2.45) is 0 Å². The summed E-state index contributed by atoms with van der Waals surface area (Å²) < 4.78 is 26.6. The lowest BCUT2D eigenvalue weighted by atomic mass is 9.87. The molecular formula is C23H27NO3S. The van der Waals surface area contributed by atoms with Gasteiger partial charge in [-0.05, 0) is 59.7 Å². The highest BCUT2D eigenvalue weighted by Gasteiger charge is 2.27. The molecule has 0 atom stereocenters. The van der Waals surface area contributed by atoms with Crippen molar-refractivity contribution < 1.29 is 13.2 Å². The van der Waals surface area contributed by atoms with Gasteiger partial charge in [-0.3, -0.25) is 4.79 Å². The molecule has 3 rings (SSSR count). The molecule has 0 N–H and O–H groups in total. The van der Waals surface area contributed by atoms with Crippen LogP contribution in [0.1, 0.15) is 55.1 Å². The van der Waals surface area contributed by atoms with Crippen LogP contribution in [0.3, 0.4) is 0 Å². The molecule has 1 aliphatic rings. The number of hydrogen-bond donors (Lipinski definition) is 0. The Bertz CT molecular complexity index is 960. The molecule has 1 saturated heterocycles. The summed E-state index contributed by atoms with van der Waals surface area (Å²) >= 11 is 0. The molecular weight excluding hydrogens is 370 g/mol. The predicted octanol–water partition coefficient (Wildman–Crippen LogP) is 4.66. The van der Waals surface area contributed by atoms with Crippen LogP contribution in [0.5, 0.6) is 0 Å². The number of nitrogens with zero attached hydrogens (tertiary/aromatic N) is 1. The summed E-state index contributed by atoms with van der Waals surface area (Å²) in [5, 5.41) is 0. The van der Waals surface area contributed by atoms with Crippen LogP contribution in [0.4, 0.5) is 0 Å². The summed E-state index contributed by atoms with van der Waals surface area (Å²) in [6.07, 6.45) is 5.11. The van der Waals surface area contributed by atoms with E-state index >= 15 is 0 Å². The van der Waals surface area contributed by atoms with Gasteiger partial charge in [0.2, 0.25) is 10.0 Å². The normalized spacial score (nSPS) is 16.0. The Morgan fingerprint density at radius 3 is 2.04 bits per heavy atom. The van der Waals surface area contributed by atoms with Gasteiger partial charge in [0.25, 0.3) is 0 Å². The molecule has 0 amide bonds. The summed E-state index contributed by atoms with van der Waals surface area (Å²) in [7, 11) is -3.45. The largest absolute Gasteiger partial charge is 0.289 e. The minimum Gasteiger partial charge on any atom is -0.289 e. The van der Waals surface area contributed by atoms with E-state index in [4.69, 9.17) is 0 Å². The van der Waals surface area contributed by atoms with Gasteiger partial charge in [-0.25, -0.2) is 8.42 Å². The number of benzene rings is 2. The van der Waals surface area contributed by atoms with E-state index in [1.807, 2.05) is 12.1 Å². The third kappa shape index (κ3) is 4.59. The molecule has 1 heterocycles. The third-order valence-corrected chi connectivity index (χ3v) is 6.96. The van der Waals surface area contributed by atoms with Gasteiger partial charge in [0.05, 0.1) is 4.90 Å². The van der Waals surface area contributed by atoms with Crippen LogP contribution in [0.25, 0.3) is 6.08 Å². The molecule has 4 nitrogen and oxygen atoms in total. The average Bonchev–Trinajstić information content (AvgIpc) is 3.21. The first kappa shape index (κ1) is 20.5. The van der Waals surface area contributed by atoms with Crippen LogP contribution in [0, 0.1) is 0 Å². The zero-order chi connectivity index (χ0) is 20.4. The quantitative estimate of drug-likeness (QED) is 0.544. The second-order valence-corrected chi connectivity index (χ2v) is 10.1. The zero-order valence-electron chi connectivity index (χ0n) is 16.7. The second-order valence-electron chi connectivity index (χ2n) is 8.21. The maximum absolute atomic E-state index is 12.6. The monoisotopic (exact) mass is 397 g/mol. The van der Waals surface area contributed by atoms with Crippen LogP contribution < -0.4 is 0 Å². The smallest absolute Gasteiger partial charge is 0.243 e. The van der Waals surface area contributed by atoms with Crippen LogP contribution in [0.15, 0.2) is 59.5 Å². The lowest BCUT2D eigenvalue weighted by molar-refractivity contribution is 0.104. The fourth-order valence-electron chi connectivity index (χ4n) is 3.23. The van der Waals surface area contributed by atoms with Crippen LogP contribution >= 0.6 is 0 Å². The second kappa shape index (κ2) is 8.02. The number of hydrogen-bond acceptors (Lipinski definition) is 3. The number of ketones is 1. The molecule has 0 aliphatic carbocycles. The summed E-state index contributed by atoms with van der Waals surface area (Å²) in [5.41, 5.74) is 2.76. The molecule has 0 spiro atoms. The number of rotatable bonds is 5. The van der Waals surface area contributed by atoms with Crippen molar-refractivity contribution in [2.45, 2.75) is 43.9 Å². The topological polar surface area (TPSA) is 54.5 Å². The molecule has 28 heavy (non-hydrogen) atoms. The summed E-state index contributed by atoms with van der Waals surface area (Å²) in [6, 6.07) is 14.3. The van der Waals surface area contributed by atoms with E-state index in [1.165, 1.54) is 28.1 Å². The van der Waals surface area contributed by atoms with Crippen LogP contribution in [-0.2, 0) is 15.4 Å². The molecule has 0 radical (unpaired) electrons. The zero-order valence-corrected chi connectivity index (χ0v) is 17.5. The standard InChI is InChI=1S/C23H27NO3S/c1-23(2,3)20-11-6-18(7-12-20)8-15-22(25)19-9-13-21(14-10-19)28(26,27)24-16-4-5-17-24/h6-15H,4-5,16-17H2,1-3H3. The molecule has 148 valence electrons. The van der Waals surface area contributed by atoms with E-state index in [0.29, 0.717) is 18.7 Å². The first-order chi connectivity index (χ1) is 13.2. The summed E-state index contributed by atoms with van der Waals surface area (Å²) in [4.78, 5) is 12.7. The van der Waals surface area contributed by atoms with Gasteiger partial charge in [0.1, 0.15) is 0 Å². The first-order valence-corrected chi connectivity index (χ1v) is 11.1. The SMILES string of the molecule is CC(C)(C)c1ccc(C=CC(=O)c2ccc(S(=O)(=O)N3CCCC3)cc2)cc1. The minimum absolute atomic E-state index is 0.0925. The third-order valence-electron chi connectivity index (χ3n) is 5.05. The van der Waals surface area contributed by atoms with Gasteiger partial charge in [0, 0.05) is 18.7 Å². The Morgan fingerprint density at radius 2 is 1.50 bits per heavy atom. The molecule has 2 aromatic rings. The molecule has 1 fully saturated rings. The molecule has 2 aromatic carbocycles. The maximum atomic E-state index is 12.6. The summed E-state index contributed by atoms with van der Waals surface area (Å²) in [5.74, 6) is -0.148. The first-order valence-electron chi connectivity index (χ1n) is 9.61. The number of allylic oxidation sites excluding steroid dienone is 1. The van der Waals surface area contributed by atoms with E-state index in [9.17, 15) is 13.2 Å². The maximum Gasteiger partial charge on any atom is 0.243 e. The van der Waals surface area contributed by atoms with Crippen molar-refractivity contribution in [1.29, 1.82) is 0 Å². The van der Waals surface area contributed by atoms with E-state index < -0.39 is 10.0 Å². The van der Waals surface area contributed by atoms with Crippen molar-refractivity contribution in [1.82, 2.24) is 4.31 Å². The Hall–Kier alpha value is -2.24. The molecule has 5 heteroatoms. The van der Waals surface area contributed by atoms with Crippen molar-refractivity contribution in [2.75, 3.05) is 13.1 Å². The fourth-order valence-corrected chi connectivity index (χ4v) is 4.75. The van der Waals surface area contributed by atoms with E-state index in [2.05, 4.69) is 32.9 Å². The molecule has 1 aliphatic heterocycles. The van der Waals surface area contributed by atoms with Gasteiger partial charge in [0.15, 0.2) is 5.78 Å². The highest BCUT2D eigenvalue weighted by molar-refractivity contribution is 7.89. The lowest BCUT2D eigenvalue weighted by Gasteiger charge is -2.18. The number of carbonyl (C=O) groups excluding carboxylic acids is 1. The Labute approximate surface area is 167 Å². The van der Waals surface area contributed by atoms with E-state index in [1.54, 1.807) is 18.2 Å². The predicted molar refractivity (Wildman–Crippen MR) is 113 cm³/mol. The molecule has 0 saturated carbocycles. The fraction of sp³-hybridized carbons (Fsp3) is 0.348. The van der Waals surface area contributed by atoms with Crippen molar-refractivity contribution in [3.8, 4) is 0 Å². The average molecular weight is 398 g/mol. The van der Waals surface area contributed by atoms with Crippen LogP contribution in [-0.4, -0.2) is 31.6 Å². The Balaban J connectivity index is 1.70. The minimum atomic E-state index is -3.45. The molecule has 0 aromatic heterocycles. The van der Waals surface area contributed by atoms with Gasteiger partial charge in [-0.1, -0.05) is 51.1 Å². The van der Waals surface area contributed by atoms with Gasteiger partial charge in [-0.15, -0.1) is 0 Å². The molecule has 0 unspecified atom stereocenters. The highest BCUT2D eigenvalue weighted by Crippen LogP contribution is 2.23.